The van der Waals surface area contributed by atoms with Gasteiger partial charge in [-0.25, -0.2) is 0 Å². The Kier molecular flexibility index (Phi) is 2.45. The molecule has 0 fully saturated rings. The highest BCUT2D eigenvalue weighted by molar-refractivity contribution is 6.37. The van der Waals surface area contributed by atoms with Gasteiger partial charge in [0, 0.05) is 11.6 Å². The summed E-state index contributed by atoms with van der Waals surface area (Å²) in [4.78, 5) is 14.9. The minimum atomic E-state index is 0.441. The summed E-state index contributed by atoms with van der Waals surface area (Å²) in [5.41, 5.74) is 3.47. The van der Waals surface area contributed by atoms with Gasteiger partial charge in [0.1, 0.15) is 0 Å². The second-order valence-corrected chi connectivity index (χ2v) is 4.00. The van der Waals surface area contributed by atoms with Gasteiger partial charge in [0.05, 0.1) is 16.1 Å². The monoisotopic (exact) mass is 219 g/mol. The minimum absolute atomic E-state index is 0.441. The molecule has 0 radical (unpaired) electrons. The lowest BCUT2D eigenvalue weighted by Gasteiger charge is -2.06. The fourth-order valence-electron chi connectivity index (χ4n) is 1.75. The van der Waals surface area contributed by atoms with Crippen LogP contribution in [0.15, 0.2) is 18.3 Å². The van der Waals surface area contributed by atoms with Crippen LogP contribution in [0.5, 0.6) is 0 Å². The average Bonchev–Trinajstić information content (AvgIpc) is 2.17. The molecule has 0 aliphatic rings. The van der Waals surface area contributed by atoms with Gasteiger partial charge in [0.25, 0.3) is 0 Å². The normalized spacial score (nSPS) is 10.6. The summed E-state index contributed by atoms with van der Waals surface area (Å²) in [6, 6.07) is 3.99. The second kappa shape index (κ2) is 3.63. The fraction of sp³-hybridized carbons (Fsp3) is 0.167. The number of hydrogen-bond donors (Lipinski definition) is 0. The predicted octanol–water partition coefficient (Wildman–Crippen LogP) is 3.32. The first-order valence-electron chi connectivity index (χ1n) is 4.64. The zero-order valence-electron chi connectivity index (χ0n) is 8.54. The molecule has 0 spiro atoms. The standard InChI is InChI=1S/C12H10ClNO/c1-7-3-8(2)11-10(4-7)14-5-9(6-15)12(11)13/h3-6H,1-2H3. The summed E-state index contributed by atoms with van der Waals surface area (Å²) in [5, 5.41) is 1.36. The molecule has 15 heavy (non-hydrogen) atoms. The molecular formula is C12H10ClNO. The van der Waals surface area contributed by atoms with Crippen LogP contribution in [0.2, 0.25) is 5.02 Å². The molecule has 76 valence electrons. The molecule has 0 aliphatic carbocycles. The molecule has 0 atom stereocenters. The summed E-state index contributed by atoms with van der Waals surface area (Å²) < 4.78 is 0. The summed E-state index contributed by atoms with van der Waals surface area (Å²) in [7, 11) is 0. The maximum atomic E-state index is 10.7. The molecule has 3 heteroatoms. The predicted molar refractivity (Wildman–Crippen MR) is 61.6 cm³/mol. The van der Waals surface area contributed by atoms with Gasteiger partial charge in [-0.3, -0.25) is 9.78 Å². The first-order chi connectivity index (χ1) is 7.13. The van der Waals surface area contributed by atoms with Crippen LogP contribution in [-0.4, -0.2) is 11.3 Å². The molecule has 0 amide bonds. The third kappa shape index (κ3) is 1.61. The minimum Gasteiger partial charge on any atom is -0.298 e. The van der Waals surface area contributed by atoms with E-state index in [9.17, 15) is 4.79 Å². The van der Waals surface area contributed by atoms with Crippen LogP contribution in [0.25, 0.3) is 10.9 Å². The molecule has 2 nitrogen and oxygen atoms in total. The second-order valence-electron chi connectivity index (χ2n) is 3.62. The van der Waals surface area contributed by atoms with Crippen LogP contribution < -0.4 is 0 Å². The topological polar surface area (TPSA) is 30.0 Å². The van der Waals surface area contributed by atoms with Gasteiger partial charge >= 0.3 is 0 Å². The van der Waals surface area contributed by atoms with Crippen molar-refractivity contribution >= 4 is 28.8 Å². The number of aromatic nitrogens is 1. The highest BCUT2D eigenvalue weighted by atomic mass is 35.5. The number of pyridine rings is 1. The van der Waals surface area contributed by atoms with Gasteiger partial charge < -0.3 is 0 Å². The van der Waals surface area contributed by atoms with Crippen molar-refractivity contribution in [3.8, 4) is 0 Å². The first kappa shape index (κ1) is 10.1. The molecular weight excluding hydrogens is 210 g/mol. The van der Waals surface area contributed by atoms with Crippen LogP contribution in [0.4, 0.5) is 0 Å². The number of rotatable bonds is 1. The Morgan fingerprint density at radius 2 is 2.07 bits per heavy atom. The van der Waals surface area contributed by atoms with Crippen LogP contribution in [0.1, 0.15) is 21.5 Å². The quantitative estimate of drug-likeness (QED) is 0.689. The number of halogens is 1. The van der Waals surface area contributed by atoms with Crippen molar-refractivity contribution in [1.82, 2.24) is 4.98 Å². The average molecular weight is 220 g/mol. The van der Waals surface area contributed by atoms with Gasteiger partial charge in [-0.15, -0.1) is 0 Å². The lowest BCUT2D eigenvalue weighted by Crippen LogP contribution is -1.91. The summed E-state index contributed by atoms with van der Waals surface area (Å²) in [6.45, 7) is 3.98. The van der Waals surface area contributed by atoms with E-state index in [1.807, 2.05) is 26.0 Å². The van der Waals surface area contributed by atoms with E-state index in [0.29, 0.717) is 10.6 Å². The number of fused-ring (bicyclic) bond motifs is 1. The molecule has 1 aromatic heterocycles. The Balaban J connectivity index is 2.92. The van der Waals surface area contributed by atoms with Crippen LogP contribution >= 0.6 is 11.6 Å². The summed E-state index contributed by atoms with van der Waals surface area (Å²) in [6.07, 6.45) is 2.24. The highest BCUT2D eigenvalue weighted by Gasteiger charge is 2.08. The van der Waals surface area contributed by atoms with Crippen molar-refractivity contribution in [3.05, 3.63) is 40.0 Å². The van der Waals surface area contributed by atoms with Crippen molar-refractivity contribution in [3.63, 3.8) is 0 Å². The van der Waals surface area contributed by atoms with E-state index in [2.05, 4.69) is 4.98 Å². The van der Waals surface area contributed by atoms with Crippen molar-refractivity contribution in [1.29, 1.82) is 0 Å². The smallest absolute Gasteiger partial charge is 0.153 e. The number of nitrogens with zero attached hydrogens (tertiary/aromatic N) is 1. The molecule has 1 aromatic carbocycles. The van der Waals surface area contributed by atoms with Crippen molar-refractivity contribution < 1.29 is 4.79 Å². The van der Waals surface area contributed by atoms with E-state index in [1.165, 1.54) is 6.20 Å². The largest absolute Gasteiger partial charge is 0.298 e. The zero-order valence-corrected chi connectivity index (χ0v) is 9.30. The zero-order chi connectivity index (χ0) is 11.0. The van der Waals surface area contributed by atoms with Crippen LogP contribution in [-0.2, 0) is 0 Å². The van der Waals surface area contributed by atoms with E-state index in [1.54, 1.807) is 0 Å². The fourth-order valence-corrected chi connectivity index (χ4v) is 2.09. The van der Waals surface area contributed by atoms with Crippen molar-refractivity contribution in [2.75, 3.05) is 0 Å². The van der Waals surface area contributed by atoms with E-state index in [0.717, 1.165) is 28.3 Å². The molecule has 0 unspecified atom stereocenters. The summed E-state index contributed by atoms with van der Waals surface area (Å²) >= 11 is 6.13. The Morgan fingerprint density at radius 1 is 1.33 bits per heavy atom. The molecule has 0 saturated carbocycles. The molecule has 0 N–H and O–H groups in total. The Hall–Kier alpha value is -1.41. The van der Waals surface area contributed by atoms with E-state index in [-0.39, 0.29) is 0 Å². The Bertz CT molecular complexity index is 549. The van der Waals surface area contributed by atoms with Crippen LogP contribution in [0.3, 0.4) is 0 Å². The van der Waals surface area contributed by atoms with E-state index >= 15 is 0 Å². The maximum absolute atomic E-state index is 10.7. The lowest BCUT2D eigenvalue weighted by molar-refractivity contribution is 0.112. The van der Waals surface area contributed by atoms with Crippen molar-refractivity contribution in [2.24, 2.45) is 0 Å². The Morgan fingerprint density at radius 3 is 2.73 bits per heavy atom. The molecule has 1 heterocycles. The van der Waals surface area contributed by atoms with Gasteiger partial charge in [-0.1, -0.05) is 17.7 Å². The number of carbonyl (C=O) groups is 1. The van der Waals surface area contributed by atoms with Gasteiger partial charge in [-0.05, 0) is 31.0 Å². The third-order valence-corrected chi connectivity index (χ3v) is 2.81. The molecule has 0 saturated heterocycles. The van der Waals surface area contributed by atoms with Crippen molar-refractivity contribution in [2.45, 2.75) is 13.8 Å². The number of benzene rings is 1. The number of carbonyl (C=O) groups excluding carboxylic acids is 1. The van der Waals surface area contributed by atoms with Gasteiger partial charge in [-0.2, -0.15) is 0 Å². The van der Waals surface area contributed by atoms with E-state index in [4.69, 9.17) is 11.6 Å². The highest BCUT2D eigenvalue weighted by Crippen LogP contribution is 2.28. The molecule has 2 aromatic rings. The Labute approximate surface area is 92.9 Å². The summed E-state index contributed by atoms with van der Waals surface area (Å²) in [5.74, 6) is 0. The van der Waals surface area contributed by atoms with Gasteiger partial charge in [0.15, 0.2) is 6.29 Å². The van der Waals surface area contributed by atoms with E-state index < -0.39 is 0 Å². The van der Waals surface area contributed by atoms with Crippen LogP contribution in [0, 0.1) is 13.8 Å². The third-order valence-electron chi connectivity index (χ3n) is 2.40. The molecule has 0 bridgehead atoms. The number of aldehydes is 1. The lowest BCUT2D eigenvalue weighted by atomic mass is 10.0. The number of aryl methyl sites for hydroxylation is 2. The first-order valence-corrected chi connectivity index (χ1v) is 5.02. The number of hydrogen-bond acceptors (Lipinski definition) is 2. The van der Waals surface area contributed by atoms with Gasteiger partial charge in [0.2, 0.25) is 0 Å². The SMILES string of the molecule is Cc1cc(C)c2c(Cl)c(C=O)cnc2c1. The molecule has 0 aliphatic heterocycles. The maximum Gasteiger partial charge on any atom is 0.153 e. The molecule has 2 rings (SSSR count).